The first-order valence-corrected chi connectivity index (χ1v) is 10.8. The number of aryl methyl sites for hydroxylation is 2. The fourth-order valence-electron chi connectivity index (χ4n) is 3.85. The van der Waals surface area contributed by atoms with Gasteiger partial charge in [-0.1, -0.05) is 11.6 Å². The first-order chi connectivity index (χ1) is 14.9. The molecule has 0 bridgehead atoms. The van der Waals surface area contributed by atoms with Gasteiger partial charge >= 0.3 is 0 Å². The number of hydrogen-bond donors (Lipinski definition) is 1. The summed E-state index contributed by atoms with van der Waals surface area (Å²) in [6.07, 6.45) is 3.10. The third-order valence-corrected chi connectivity index (χ3v) is 6.06. The van der Waals surface area contributed by atoms with E-state index in [2.05, 4.69) is 4.90 Å². The van der Waals surface area contributed by atoms with E-state index in [1.54, 1.807) is 30.3 Å². The van der Waals surface area contributed by atoms with E-state index in [0.29, 0.717) is 34.0 Å². The number of rotatable bonds is 7. The van der Waals surface area contributed by atoms with Crippen LogP contribution in [0.25, 0.3) is 11.0 Å². The molecule has 6 nitrogen and oxygen atoms in total. The maximum atomic E-state index is 12.8. The second-order valence-corrected chi connectivity index (χ2v) is 8.41. The van der Waals surface area contributed by atoms with Crippen molar-refractivity contribution >= 4 is 22.6 Å². The number of benzene rings is 2. The van der Waals surface area contributed by atoms with Gasteiger partial charge in [0.25, 0.3) is 0 Å². The summed E-state index contributed by atoms with van der Waals surface area (Å²) in [5.74, 6) is 1.16. The molecule has 1 fully saturated rings. The van der Waals surface area contributed by atoms with Crippen LogP contribution in [0.2, 0.25) is 5.02 Å². The molecule has 164 valence electrons. The van der Waals surface area contributed by atoms with E-state index in [0.717, 1.165) is 24.2 Å². The molecule has 1 N–H and O–H groups in total. The Hall–Kier alpha value is -2.54. The summed E-state index contributed by atoms with van der Waals surface area (Å²) in [6, 6.07) is 8.56. The number of aliphatic hydroxyl groups excluding tert-OH is 1. The van der Waals surface area contributed by atoms with Gasteiger partial charge < -0.3 is 23.9 Å². The molecule has 0 saturated carbocycles. The molecule has 1 saturated heterocycles. The number of fused-ring (bicyclic) bond motifs is 1. The third kappa shape index (κ3) is 5.03. The van der Waals surface area contributed by atoms with Gasteiger partial charge in [0.1, 0.15) is 36.1 Å². The zero-order valence-electron chi connectivity index (χ0n) is 17.7. The molecule has 0 unspecified atom stereocenters. The Kier molecular flexibility index (Phi) is 6.51. The minimum atomic E-state index is -0.567. The molecule has 1 aromatic heterocycles. The zero-order valence-corrected chi connectivity index (χ0v) is 18.4. The van der Waals surface area contributed by atoms with Crippen LogP contribution in [0.15, 0.2) is 45.8 Å². The molecule has 4 rings (SSSR count). The van der Waals surface area contributed by atoms with E-state index in [1.165, 1.54) is 19.1 Å². The zero-order chi connectivity index (χ0) is 22.0. The van der Waals surface area contributed by atoms with Crippen LogP contribution in [0.4, 0.5) is 0 Å². The summed E-state index contributed by atoms with van der Waals surface area (Å²) in [5, 5.41) is 11.3. The molecule has 3 aromatic rings. The number of aliphatic hydroxyl groups is 1. The van der Waals surface area contributed by atoms with Gasteiger partial charge in [-0.15, -0.1) is 0 Å². The van der Waals surface area contributed by atoms with Gasteiger partial charge in [0.2, 0.25) is 11.2 Å². The second kappa shape index (κ2) is 9.30. The van der Waals surface area contributed by atoms with Crippen LogP contribution in [0.5, 0.6) is 17.2 Å². The summed E-state index contributed by atoms with van der Waals surface area (Å²) in [6.45, 7) is 6.61. The highest BCUT2D eigenvalue weighted by molar-refractivity contribution is 6.32. The lowest BCUT2D eigenvalue weighted by Gasteiger charge is -2.19. The molecule has 2 aromatic carbocycles. The number of likely N-dealkylation sites (tertiary alicyclic amines) is 1. The lowest BCUT2D eigenvalue weighted by molar-refractivity contribution is 0.0758. The number of nitrogens with zero attached hydrogens (tertiary/aromatic N) is 1. The Bertz CT molecular complexity index is 1110. The summed E-state index contributed by atoms with van der Waals surface area (Å²) < 4.78 is 17.1. The van der Waals surface area contributed by atoms with E-state index >= 15 is 0 Å². The van der Waals surface area contributed by atoms with Crippen molar-refractivity contribution in [3.8, 4) is 17.2 Å². The number of ether oxygens (including phenoxy) is 2. The second-order valence-electron chi connectivity index (χ2n) is 8.03. The molecule has 0 amide bonds. The fraction of sp³-hybridized carbons (Fsp3) is 0.375. The van der Waals surface area contributed by atoms with Gasteiger partial charge in [-0.25, -0.2) is 0 Å². The summed E-state index contributed by atoms with van der Waals surface area (Å²) >= 11 is 6.20. The van der Waals surface area contributed by atoms with E-state index in [1.807, 2.05) is 13.8 Å². The molecule has 0 radical (unpaired) electrons. The lowest BCUT2D eigenvalue weighted by atomic mass is 10.1. The Balaban J connectivity index is 1.47. The van der Waals surface area contributed by atoms with Crippen LogP contribution in [0.3, 0.4) is 0 Å². The first-order valence-electron chi connectivity index (χ1n) is 10.4. The highest BCUT2D eigenvalue weighted by Gasteiger charge is 2.17. The van der Waals surface area contributed by atoms with Crippen LogP contribution in [0, 0.1) is 13.8 Å². The van der Waals surface area contributed by atoms with E-state index in [9.17, 15) is 9.90 Å². The van der Waals surface area contributed by atoms with E-state index < -0.39 is 6.10 Å². The number of halogens is 1. The molecule has 1 aliphatic rings. The topological polar surface area (TPSA) is 72.1 Å². The van der Waals surface area contributed by atoms with Gasteiger partial charge in [0, 0.05) is 17.6 Å². The molecular formula is C24H26ClNO5. The highest BCUT2D eigenvalue weighted by atomic mass is 35.5. The van der Waals surface area contributed by atoms with Crippen molar-refractivity contribution in [2.45, 2.75) is 32.8 Å². The Morgan fingerprint density at radius 2 is 1.84 bits per heavy atom. The lowest BCUT2D eigenvalue weighted by Crippen LogP contribution is -2.33. The summed E-state index contributed by atoms with van der Waals surface area (Å²) in [5.41, 5.74) is 1.87. The van der Waals surface area contributed by atoms with Gasteiger partial charge in [0.15, 0.2) is 0 Å². The molecule has 0 spiro atoms. The van der Waals surface area contributed by atoms with Crippen molar-refractivity contribution in [3.05, 3.63) is 63.0 Å². The molecule has 1 atom stereocenters. The SMILES string of the molecule is Cc1cc(Oc2coc3cc(OC[C@H](O)CN4CCCC4)ccc3c2=O)cc(C)c1Cl. The minimum Gasteiger partial charge on any atom is -0.491 e. The van der Waals surface area contributed by atoms with Crippen molar-refractivity contribution < 1.29 is 19.0 Å². The average molecular weight is 444 g/mol. The maximum Gasteiger partial charge on any atom is 0.235 e. The standard InChI is InChI=1S/C24H26ClNO5/c1-15-9-19(10-16(2)23(15)25)31-22-14-30-21-11-18(5-6-20(21)24(22)28)29-13-17(27)12-26-7-3-4-8-26/h5-6,9-11,14,17,27H,3-4,7-8,12-13H2,1-2H3/t17-/m1/s1. The highest BCUT2D eigenvalue weighted by Crippen LogP contribution is 2.29. The average Bonchev–Trinajstić information content (AvgIpc) is 3.25. The Morgan fingerprint density at radius 3 is 2.55 bits per heavy atom. The van der Waals surface area contributed by atoms with Gasteiger partial charge in [-0.3, -0.25) is 4.79 Å². The summed E-state index contributed by atoms with van der Waals surface area (Å²) in [4.78, 5) is 15.1. The number of hydrogen-bond acceptors (Lipinski definition) is 6. The smallest absolute Gasteiger partial charge is 0.235 e. The normalized spacial score (nSPS) is 15.4. The van der Waals surface area contributed by atoms with Gasteiger partial charge in [0.05, 0.1) is 5.39 Å². The van der Waals surface area contributed by atoms with E-state index in [-0.39, 0.29) is 17.8 Å². The quantitative estimate of drug-likeness (QED) is 0.571. The van der Waals surface area contributed by atoms with E-state index in [4.69, 9.17) is 25.5 Å². The van der Waals surface area contributed by atoms with Crippen molar-refractivity contribution in [2.75, 3.05) is 26.2 Å². The third-order valence-electron chi connectivity index (χ3n) is 5.46. The van der Waals surface area contributed by atoms with Crippen molar-refractivity contribution in [1.82, 2.24) is 4.90 Å². The predicted octanol–water partition coefficient (Wildman–Crippen LogP) is 4.69. The monoisotopic (exact) mass is 443 g/mol. The largest absolute Gasteiger partial charge is 0.491 e. The van der Waals surface area contributed by atoms with Crippen molar-refractivity contribution in [3.63, 3.8) is 0 Å². The van der Waals surface area contributed by atoms with Crippen LogP contribution in [-0.2, 0) is 0 Å². The molecule has 31 heavy (non-hydrogen) atoms. The molecule has 2 heterocycles. The molecule has 1 aliphatic heterocycles. The van der Waals surface area contributed by atoms with Crippen LogP contribution < -0.4 is 14.9 Å². The minimum absolute atomic E-state index is 0.100. The fourth-order valence-corrected chi connectivity index (χ4v) is 3.96. The van der Waals surface area contributed by atoms with Crippen LogP contribution in [0.1, 0.15) is 24.0 Å². The molecule has 7 heteroatoms. The van der Waals surface area contributed by atoms with Gasteiger partial charge in [-0.05, 0) is 75.2 Å². The maximum absolute atomic E-state index is 12.8. The molecular weight excluding hydrogens is 418 g/mol. The van der Waals surface area contributed by atoms with Crippen LogP contribution >= 0.6 is 11.6 Å². The molecule has 0 aliphatic carbocycles. The van der Waals surface area contributed by atoms with Crippen molar-refractivity contribution in [2.24, 2.45) is 0 Å². The van der Waals surface area contributed by atoms with Crippen molar-refractivity contribution in [1.29, 1.82) is 0 Å². The summed E-state index contributed by atoms with van der Waals surface area (Å²) in [7, 11) is 0. The number of β-amino-alcohol motifs (C(OH)–C–C–N with tert-alkyl or cyclic N) is 1. The van der Waals surface area contributed by atoms with Gasteiger partial charge in [-0.2, -0.15) is 0 Å². The van der Waals surface area contributed by atoms with Crippen LogP contribution in [-0.4, -0.2) is 42.4 Å². The predicted molar refractivity (Wildman–Crippen MR) is 121 cm³/mol. The Morgan fingerprint density at radius 1 is 1.13 bits per heavy atom. The first kappa shape index (κ1) is 21.7. The Labute approximate surface area is 185 Å².